The molecule has 0 heterocycles. The SMILES string of the molecule is Br.[B]c1cccc(C)c1C(=O)OC(C)C. The van der Waals surface area contributed by atoms with Crippen molar-refractivity contribution in [2.24, 2.45) is 0 Å². The standard InChI is InChI=1S/C11H13BO2.BrH/c1-7(2)14-11(13)10-8(3)5-4-6-9(10)12;/h4-7H,1-3H3;1H. The van der Waals surface area contributed by atoms with Crippen LogP contribution in [-0.4, -0.2) is 19.9 Å². The maximum absolute atomic E-state index is 11.6. The molecule has 0 saturated heterocycles. The summed E-state index contributed by atoms with van der Waals surface area (Å²) in [5, 5.41) is 0. The van der Waals surface area contributed by atoms with Crippen molar-refractivity contribution in [3.63, 3.8) is 0 Å². The second-order valence-electron chi connectivity index (χ2n) is 3.49. The quantitative estimate of drug-likeness (QED) is 0.605. The molecule has 0 atom stereocenters. The monoisotopic (exact) mass is 268 g/mol. The van der Waals surface area contributed by atoms with Crippen molar-refractivity contribution in [2.75, 3.05) is 0 Å². The number of aryl methyl sites for hydroxylation is 1. The first-order chi connectivity index (χ1) is 6.52. The van der Waals surface area contributed by atoms with Crippen LogP contribution in [0.15, 0.2) is 18.2 Å². The first-order valence-electron chi connectivity index (χ1n) is 4.58. The van der Waals surface area contributed by atoms with E-state index in [0.29, 0.717) is 11.0 Å². The van der Waals surface area contributed by atoms with Gasteiger partial charge in [-0.15, -0.1) is 17.0 Å². The molecule has 0 amide bonds. The van der Waals surface area contributed by atoms with Gasteiger partial charge in [-0.3, -0.25) is 0 Å². The van der Waals surface area contributed by atoms with E-state index in [0.717, 1.165) is 5.56 Å². The summed E-state index contributed by atoms with van der Waals surface area (Å²) >= 11 is 0. The molecule has 2 nitrogen and oxygen atoms in total. The summed E-state index contributed by atoms with van der Waals surface area (Å²) in [5.41, 5.74) is 1.78. The van der Waals surface area contributed by atoms with Gasteiger partial charge in [0.05, 0.1) is 11.7 Å². The van der Waals surface area contributed by atoms with Crippen molar-refractivity contribution >= 4 is 36.3 Å². The van der Waals surface area contributed by atoms with E-state index in [1.54, 1.807) is 6.07 Å². The molecule has 1 rings (SSSR count). The van der Waals surface area contributed by atoms with Gasteiger partial charge in [-0.2, -0.15) is 0 Å². The summed E-state index contributed by atoms with van der Waals surface area (Å²) in [6.45, 7) is 5.46. The average Bonchev–Trinajstić information content (AvgIpc) is 2.01. The van der Waals surface area contributed by atoms with E-state index >= 15 is 0 Å². The molecule has 15 heavy (non-hydrogen) atoms. The number of ether oxygens (including phenoxy) is 1. The van der Waals surface area contributed by atoms with Gasteiger partial charge in [0.1, 0.15) is 7.85 Å². The van der Waals surface area contributed by atoms with Gasteiger partial charge in [0, 0.05) is 0 Å². The Kier molecular flexibility index (Phi) is 5.65. The number of esters is 1. The fraction of sp³-hybridized carbons (Fsp3) is 0.364. The van der Waals surface area contributed by atoms with Gasteiger partial charge in [-0.05, 0) is 26.3 Å². The molecule has 0 unspecified atom stereocenters. The molecule has 0 fully saturated rings. The fourth-order valence-corrected chi connectivity index (χ4v) is 1.24. The maximum Gasteiger partial charge on any atom is 0.338 e. The van der Waals surface area contributed by atoms with Crippen LogP contribution in [-0.2, 0) is 4.74 Å². The smallest absolute Gasteiger partial charge is 0.338 e. The zero-order valence-corrected chi connectivity index (χ0v) is 10.8. The lowest BCUT2D eigenvalue weighted by Gasteiger charge is -2.11. The Bertz CT molecular complexity index is 330. The normalized spacial score (nSPS) is 9.60. The van der Waals surface area contributed by atoms with E-state index < -0.39 is 0 Å². The Hall–Kier alpha value is -0.765. The predicted molar refractivity (Wildman–Crippen MR) is 67.4 cm³/mol. The largest absolute Gasteiger partial charge is 0.459 e. The van der Waals surface area contributed by atoms with E-state index in [4.69, 9.17) is 12.6 Å². The highest BCUT2D eigenvalue weighted by Crippen LogP contribution is 2.07. The number of carbonyl (C=O) groups excluding carboxylic acids is 1. The van der Waals surface area contributed by atoms with Crippen LogP contribution >= 0.6 is 17.0 Å². The molecule has 80 valence electrons. The highest BCUT2D eigenvalue weighted by molar-refractivity contribution is 8.93. The van der Waals surface area contributed by atoms with Crippen LogP contribution in [0.25, 0.3) is 0 Å². The van der Waals surface area contributed by atoms with E-state index in [1.807, 2.05) is 32.9 Å². The first-order valence-corrected chi connectivity index (χ1v) is 4.58. The number of hydrogen-bond acceptors (Lipinski definition) is 2. The van der Waals surface area contributed by atoms with E-state index in [1.165, 1.54) is 0 Å². The minimum atomic E-state index is -0.351. The van der Waals surface area contributed by atoms with E-state index in [9.17, 15) is 4.79 Å². The lowest BCUT2D eigenvalue weighted by molar-refractivity contribution is 0.0379. The summed E-state index contributed by atoms with van der Waals surface area (Å²) in [7, 11) is 5.70. The van der Waals surface area contributed by atoms with E-state index in [2.05, 4.69) is 0 Å². The Morgan fingerprint density at radius 1 is 1.40 bits per heavy atom. The molecule has 0 N–H and O–H groups in total. The van der Waals surface area contributed by atoms with Gasteiger partial charge in [-0.1, -0.05) is 23.7 Å². The Morgan fingerprint density at radius 3 is 2.47 bits per heavy atom. The van der Waals surface area contributed by atoms with Gasteiger partial charge in [0.2, 0.25) is 0 Å². The summed E-state index contributed by atoms with van der Waals surface area (Å²) in [4.78, 5) is 11.6. The van der Waals surface area contributed by atoms with Gasteiger partial charge < -0.3 is 4.74 Å². The summed E-state index contributed by atoms with van der Waals surface area (Å²) in [5.74, 6) is -0.351. The molecule has 0 aromatic heterocycles. The zero-order chi connectivity index (χ0) is 10.7. The van der Waals surface area contributed by atoms with Crippen molar-refractivity contribution < 1.29 is 9.53 Å². The van der Waals surface area contributed by atoms with Crippen molar-refractivity contribution in [1.82, 2.24) is 0 Å². The second-order valence-corrected chi connectivity index (χ2v) is 3.49. The van der Waals surface area contributed by atoms with Gasteiger partial charge >= 0.3 is 5.97 Å². The number of halogens is 1. The van der Waals surface area contributed by atoms with Crippen molar-refractivity contribution in [3.8, 4) is 0 Å². The number of rotatable bonds is 2. The molecule has 1 aromatic rings. The van der Waals surface area contributed by atoms with Gasteiger partial charge in [0.25, 0.3) is 0 Å². The van der Waals surface area contributed by atoms with Crippen LogP contribution in [0.2, 0.25) is 0 Å². The van der Waals surface area contributed by atoms with Crippen LogP contribution in [0.5, 0.6) is 0 Å². The Balaban J connectivity index is 0.00000196. The summed E-state index contributed by atoms with van der Waals surface area (Å²) in [6.07, 6.45) is -0.124. The topological polar surface area (TPSA) is 26.3 Å². The second kappa shape index (κ2) is 5.96. The maximum atomic E-state index is 11.6. The molecule has 0 spiro atoms. The fourth-order valence-electron chi connectivity index (χ4n) is 1.24. The molecule has 0 saturated carbocycles. The highest BCUT2D eigenvalue weighted by Gasteiger charge is 2.13. The summed E-state index contributed by atoms with van der Waals surface area (Å²) < 4.78 is 5.08. The van der Waals surface area contributed by atoms with Gasteiger partial charge in [0.15, 0.2) is 0 Å². The molecule has 0 aliphatic carbocycles. The van der Waals surface area contributed by atoms with Crippen LogP contribution in [0, 0.1) is 6.92 Å². The average molecular weight is 269 g/mol. The molecule has 2 radical (unpaired) electrons. The van der Waals surface area contributed by atoms with Crippen LogP contribution in [0.4, 0.5) is 0 Å². The number of carbonyl (C=O) groups is 1. The van der Waals surface area contributed by atoms with Crippen molar-refractivity contribution in [1.29, 1.82) is 0 Å². The van der Waals surface area contributed by atoms with Crippen molar-refractivity contribution in [3.05, 3.63) is 29.3 Å². The lowest BCUT2D eigenvalue weighted by atomic mass is 9.88. The van der Waals surface area contributed by atoms with Crippen LogP contribution in [0.3, 0.4) is 0 Å². The van der Waals surface area contributed by atoms with Crippen molar-refractivity contribution in [2.45, 2.75) is 26.9 Å². The molecular weight excluding hydrogens is 255 g/mol. The third-order valence-corrected chi connectivity index (χ3v) is 1.85. The van der Waals surface area contributed by atoms with Crippen LogP contribution < -0.4 is 5.46 Å². The summed E-state index contributed by atoms with van der Waals surface area (Å²) in [6, 6.07) is 5.36. The predicted octanol–water partition coefficient (Wildman–Crippen LogP) is 1.93. The molecule has 4 heteroatoms. The number of benzene rings is 1. The minimum absolute atomic E-state index is 0. The third-order valence-electron chi connectivity index (χ3n) is 1.85. The van der Waals surface area contributed by atoms with Gasteiger partial charge in [-0.25, -0.2) is 4.79 Å². The lowest BCUT2D eigenvalue weighted by Crippen LogP contribution is -2.21. The Labute approximate surface area is 102 Å². The van der Waals surface area contributed by atoms with Crippen LogP contribution in [0.1, 0.15) is 29.8 Å². The Morgan fingerprint density at radius 2 is 2.00 bits per heavy atom. The minimum Gasteiger partial charge on any atom is -0.459 e. The zero-order valence-electron chi connectivity index (χ0n) is 9.11. The number of hydrogen-bond donors (Lipinski definition) is 0. The highest BCUT2D eigenvalue weighted by atomic mass is 79.9. The molecule has 1 aromatic carbocycles. The van der Waals surface area contributed by atoms with E-state index in [-0.39, 0.29) is 29.1 Å². The molecule has 0 aliphatic heterocycles. The molecule has 0 bridgehead atoms. The molecular formula is C11H14BBrO2. The third kappa shape index (κ3) is 3.70. The molecule has 0 aliphatic rings. The first kappa shape index (κ1) is 14.2.